The van der Waals surface area contributed by atoms with E-state index in [1.807, 2.05) is 0 Å². The summed E-state index contributed by atoms with van der Waals surface area (Å²) < 4.78 is 6.29. The molecule has 1 aliphatic rings. The number of ether oxygens (including phenoxy) is 1. The Morgan fingerprint density at radius 3 is 1.75 bits per heavy atom. The maximum atomic E-state index is 6.29. The van der Waals surface area contributed by atoms with Crippen LogP contribution in [-0.2, 0) is 4.74 Å². The minimum atomic E-state index is -0.0194. The SMILES string of the molecule is CC1=C(C)C(C)(C)N(C(C)C)C(C(C)C)=C(C(C)C)O1. The van der Waals surface area contributed by atoms with E-state index in [-0.39, 0.29) is 5.54 Å². The van der Waals surface area contributed by atoms with Gasteiger partial charge in [-0.1, -0.05) is 27.7 Å². The van der Waals surface area contributed by atoms with Crippen LogP contribution in [0.5, 0.6) is 0 Å². The molecule has 0 radical (unpaired) electrons. The molecule has 20 heavy (non-hydrogen) atoms. The van der Waals surface area contributed by atoms with Crippen LogP contribution in [0.15, 0.2) is 22.8 Å². The Hall–Kier alpha value is -0.920. The highest BCUT2D eigenvalue weighted by molar-refractivity contribution is 5.29. The second-order valence-corrected chi connectivity index (χ2v) is 7.36. The summed E-state index contributed by atoms with van der Waals surface area (Å²) >= 11 is 0. The summed E-state index contributed by atoms with van der Waals surface area (Å²) in [7, 11) is 0. The van der Waals surface area contributed by atoms with Gasteiger partial charge in [-0.3, -0.25) is 0 Å². The van der Waals surface area contributed by atoms with Crippen LogP contribution in [0.25, 0.3) is 0 Å². The molecule has 0 aromatic rings. The second kappa shape index (κ2) is 5.83. The van der Waals surface area contributed by atoms with Crippen LogP contribution in [0.2, 0.25) is 0 Å². The summed E-state index contributed by atoms with van der Waals surface area (Å²) in [5.74, 6) is 3.04. The third kappa shape index (κ3) is 2.89. The van der Waals surface area contributed by atoms with Crippen LogP contribution in [0.3, 0.4) is 0 Å². The largest absolute Gasteiger partial charge is 0.464 e. The predicted molar refractivity (Wildman–Crippen MR) is 87.2 cm³/mol. The van der Waals surface area contributed by atoms with Gasteiger partial charge in [0, 0.05) is 12.0 Å². The highest BCUT2D eigenvalue weighted by Gasteiger charge is 2.39. The van der Waals surface area contributed by atoms with Crippen LogP contribution in [0.4, 0.5) is 0 Å². The molecule has 0 atom stereocenters. The first-order valence-corrected chi connectivity index (χ1v) is 7.91. The average Bonchev–Trinajstić information content (AvgIpc) is 2.36. The number of nitrogens with zero attached hydrogens (tertiary/aromatic N) is 1. The zero-order valence-corrected chi connectivity index (χ0v) is 15.1. The van der Waals surface area contributed by atoms with Crippen LogP contribution in [-0.4, -0.2) is 16.5 Å². The Balaban J connectivity index is 3.63. The van der Waals surface area contributed by atoms with Crippen molar-refractivity contribution >= 4 is 0 Å². The first-order chi connectivity index (χ1) is 9.01. The molecule has 0 N–H and O–H groups in total. The summed E-state index contributed by atoms with van der Waals surface area (Å²) in [6, 6.07) is 0.445. The van der Waals surface area contributed by atoms with Gasteiger partial charge in [0.2, 0.25) is 0 Å². The third-order valence-electron chi connectivity index (χ3n) is 4.41. The monoisotopic (exact) mass is 279 g/mol. The van der Waals surface area contributed by atoms with Crippen molar-refractivity contribution in [2.45, 2.75) is 80.8 Å². The minimum Gasteiger partial charge on any atom is -0.464 e. The zero-order valence-electron chi connectivity index (χ0n) is 15.1. The third-order valence-corrected chi connectivity index (χ3v) is 4.41. The van der Waals surface area contributed by atoms with Crippen LogP contribution >= 0.6 is 0 Å². The maximum Gasteiger partial charge on any atom is 0.125 e. The van der Waals surface area contributed by atoms with Gasteiger partial charge >= 0.3 is 0 Å². The normalized spacial score (nSPS) is 20.1. The van der Waals surface area contributed by atoms with E-state index in [1.165, 1.54) is 11.3 Å². The van der Waals surface area contributed by atoms with Crippen molar-refractivity contribution in [3.05, 3.63) is 22.8 Å². The number of hydrogen-bond acceptors (Lipinski definition) is 2. The molecule has 0 saturated carbocycles. The number of rotatable bonds is 3. The molecule has 0 bridgehead atoms. The van der Waals surface area contributed by atoms with Gasteiger partial charge in [-0.05, 0) is 53.0 Å². The van der Waals surface area contributed by atoms with E-state index >= 15 is 0 Å². The van der Waals surface area contributed by atoms with E-state index in [9.17, 15) is 0 Å². The molecule has 2 nitrogen and oxygen atoms in total. The van der Waals surface area contributed by atoms with Crippen molar-refractivity contribution in [1.82, 2.24) is 4.90 Å². The molecule has 0 unspecified atom stereocenters. The lowest BCUT2D eigenvalue weighted by Gasteiger charge is -2.46. The van der Waals surface area contributed by atoms with Gasteiger partial charge in [0.1, 0.15) is 11.5 Å². The standard InChI is InChI=1S/C18H33NO/c1-11(2)16-17(12(3)4)20-15(8)14(7)18(9,10)19(16)13(5)6/h11-13H,1-10H3. The topological polar surface area (TPSA) is 12.5 Å². The molecule has 0 saturated heterocycles. The Labute approximate surface area is 125 Å². The minimum absolute atomic E-state index is 0.0194. The molecule has 0 amide bonds. The van der Waals surface area contributed by atoms with Crippen molar-refractivity contribution in [2.24, 2.45) is 11.8 Å². The Morgan fingerprint density at radius 1 is 0.900 bits per heavy atom. The lowest BCUT2D eigenvalue weighted by molar-refractivity contribution is 0.138. The van der Waals surface area contributed by atoms with E-state index in [4.69, 9.17) is 4.74 Å². The average molecular weight is 279 g/mol. The van der Waals surface area contributed by atoms with Gasteiger partial charge in [-0.2, -0.15) is 0 Å². The second-order valence-electron chi connectivity index (χ2n) is 7.36. The van der Waals surface area contributed by atoms with Gasteiger partial charge in [0.25, 0.3) is 0 Å². The van der Waals surface area contributed by atoms with E-state index in [0.717, 1.165) is 11.5 Å². The van der Waals surface area contributed by atoms with Crippen molar-refractivity contribution < 1.29 is 4.74 Å². The van der Waals surface area contributed by atoms with E-state index in [0.29, 0.717) is 17.9 Å². The number of allylic oxidation sites excluding steroid dienone is 3. The van der Waals surface area contributed by atoms with Gasteiger partial charge in [0.05, 0.1) is 11.2 Å². The maximum absolute atomic E-state index is 6.29. The summed E-state index contributed by atoms with van der Waals surface area (Å²) in [4.78, 5) is 2.55. The highest BCUT2D eigenvalue weighted by Crippen LogP contribution is 2.41. The summed E-state index contributed by atoms with van der Waals surface area (Å²) in [6.07, 6.45) is 0. The molecule has 0 aromatic carbocycles. The van der Waals surface area contributed by atoms with Crippen molar-refractivity contribution in [1.29, 1.82) is 0 Å². The molecule has 116 valence electrons. The van der Waals surface area contributed by atoms with E-state index < -0.39 is 0 Å². The lowest BCUT2D eigenvalue weighted by Crippen LogP contribution is -2.49. The van der Waals surface area contributed by atoms with Gasteiger partial charge < -0.3 is 9.64 Å². The summed E-state index contributed by atoms with van der Waals surface area (Å²) in [5, 5.41) is 0. The smallest absolute Gasteiger partial charge is 0.125 e. The first kappa shape index (κ1) is 17.1. The van der Waals surface area contributed by atoms with Gasteiger partial charge in [-0.25, -0.2) is 0 Å². The Bertz CT molecular complexity index is 425. The van der Waals surface area contributed by atoms with E-state index in [2.05, 4.69) is 74.1 Å². The molecule has 0 fully saturated rings. The fourth-order valence-electron chi connectivity index (χ4n) is 3.23. The Kier molecular flexibility index (Phi) is 4.99. The van der Waals surface area contributed by atoms with E-state index in [1.54, 1.807) is 0 Å². The molecular formula is C18H33NO. The van der Waals surface area contributed by atoms with Crippen LogP contribution < -0.4 is 0 Å². The van der Waals surface area contributed by atoms with Crippen LogP contribution in [0.1, 0.15) is 69.2 Å². The number of hydrogen-bond donors (Lipinski definition) is 0. The van der Waals surface area contributed by atoms with Crippen molar-refractivity contribution in [2.75, 3.05) is 0 Å². The fraction of sp³-hybridized carbons (Fsp3) is 0.778. The predicted octanol–water partition coefficient (Wildman–Crippen LogP) is 5.32. The molecule has 2 heteroatoms. The quantitative estimate of drug-likeness (QED) is 0.693. The van der Waals surface area contributed by atoms with Crippen molar-refractivity contribution in [3.8, 4) is 0 Å². The lowest BCUT2D eigenvalue weighted by atomic mass is 9.88. The van der Waals surface area contributed by atoms with Gasteiger partial charge in [-0.15, -0.1) is 0 Å². The molecule has 0 aliphatic carbocycles. The van der Waals surface area contributed by atoms with Crippen LogP contribution in [0, 0.1) is 11.8 Å². The molecule has 1 heterocycles. The zero-order chi connectivity index (χ0) is 15.8. The summed E-state index contributed by atoms with van der Waals surface area (Å²) in [5.41, 5.74) is 2.66. The first-order valence-electron chi connectivity index (χ1n) is 7.91. The van der Waals surface area contributed by atoms with Gasteiger partial charge in [0.15, 0.2) is 0 Å². The Morgan fingerprint density at radius 2 is 1.40 bits per heavy atom. The molecule has 0 spiro atoms. The molecular weight excluding hydrogens is 246 g/mol. The fourth-order valence-corrected chi connectivity index (χ4v) is 3.23. The highest BCUT2D eigenvalue weighted by atomic mass is 16.5. The molecule has 1 aliphatic heterocycles. The molecule has 0 aromatic heterocycles. The molecule has 1 rings (SSSR count). The summed E-state index contributed by atoms with van der Waals surface area (Å²) in [6.45, 7) is 22.4. The van der Waals surface area contributed by atoms with Crippen molar-refractivity contribution in [3.63, 3.8) is 0 Å².